The molecule has 1 atom stereocenters. The number of aryl methyl sites for hydroxylation is 1. The van der Waals surface area contributed by atoms with Gasteiger partial charge in [0.1, 0.15) is 18.2 Å². The van der Waals surface area contributed by atoms with Gasteiger partial charge in [0.05, 0.1) is 47.3 Å². The molecule has 1 saturated carbocycles. The number of aromatic nitrogens is 3. The molecular weight excluding hydrogens is 686 g/mol. The van der Waals surface area contributed by atoms with Crippen molar-refractivity contribution >= 4 is 34.2 Å². The SMILES string of the molecule is Cc1cc(NC(=O)c2ccc3c(c2)nc(CN2CCC(c4cccc(OCc5ccc(C#N)cc5F)n4)CC2)n3C[C@@H]2CCO2)cc2c1NC(=O)C21CC1. The molecule has 0 radical (unpaired) electrons. The van der Waals surface area contributed by atoms with E-state index >= 15 is 0 Å². The third kappa shape index (κ3) is 6.37. The normalized spacial score (nSPS) is 18.9. The average Bonchev–Trinajstić information content (AvgIpc) is 3.84. The number of amides is 2. The maximum absolute atomic E-state index is 14.4. The zero-order chi connectivity index (χ0) is 37.0. The topological polar surface area (TPSA) is 134 Å². The van der Waals surface area contributed by atoms with Crippen LogP contribution in [0.1, 0.15) is 82.2 Å². The van der Waals surface area contributed by atoms with E-state index in [9.17, 15) is 14.0 Å². The zero-order valence-electron chi connectivity index (χ0n) is 30.0. The van der Waals surface area contributed by atoms with E-state index in [2.05, 4.69) is 20.1 Å². The molecule has 274 valence electrons. The van der Waals surface area contributed by atoms with Gasteiger partial charge in [-0.1, -0.05) is 12.1 Å². The lowest BCUT2D eigenvalue weighted by atomic mass is 9.93. The number of piperidine rings is 1. The molecule has 2 amide bonds. The van der Waals surface area contributed by atoms with Crippen molar-refractivity contribution in [3.8, 4) is 11.9 Å². The summed E-state index contributed by atoms with van der Waals surface area (Å²) in [6.45, 7) is 5.87. The molecule has 5 heterocycles. The molecule has 0 bridgehead atoms. The summed E-state index contributed by atoms with van der Waals surface area (Å²) in [6.07, 6.45) is 4.66. The molecule has 3 fully saturated rings. The lowest BCUT2D eigenvalue weighted by Crippen LogP contribution is -2.35. The number of hydrogen-bond acceptors (Lipinski definition) is 8. The van der Waals surface area contributed by atoms with Gasteiger partial charge in [0.2, 0.25) is 11.8 Å². The summed E-state index contributed by atoms with van der Waals surface area (Å²) in [5, 5.41) is 15.1. The van der Waals surface area contributed by atoms with Crippen LogP contribution in [0, 0.1) is 24.1 Å². The Morgan fingerprint density at radius 2 is 1.93 bits per heavy atom. The van der Waals surface area contributed by atoms with Crippen molar-refractivity contribution in [2.24, 2.45) is 0 Å². The van der Waals surface area contributed by atoms with Crippen LogP contribution >= 0.6 is 0 Å². The van der Waals surface area contributed by atoms with Crippen LogP contribution in [0.15, 0.2) is 66.7 Å². The highest BCUT2D eigenvalue weighted by atomic mass is 19.1. The van der Waals surface area contributed by atoms with Crippen molar-refractivity contribution in [3.05, 3.63) is 112 Å². The Labute approximate surface area is 312 Å². The van der Waals surface area contributed by atoms with Crippen molar-refractivity contribution in [1.82, 2.24) is 19.4 Å². The number of hydrogen-bond donors (Lipinski definition) is 2. The van der Waals surface area contributed by atoms with Gasteiger partial charge in [0.15, 0.2) is 0 Å². The maximum Gasteiger partial charge on any atom is 0.255 e. The number of halogens is 1. The van der Waals surface area contributed by atoms with E-state index in [0.29, 0.717) is 35.8 Å². The monoisotopic (exact) mass is 725 g/mol. The number of benzene rings is 3. The number of ether oxygens (including phenoxy) is 2. The molecule has 2 aromatic heterocycles. The van der Waals surface area contributed by atoms with E-state index in [1.807, 2.05) is 55.5 Å². The number of fused-ring (bicyclic) bond motifs is 3. The molecular formula is C42H40FN7O4. The molecule has 1 spiro atoms. The number of nitrogens with one attached hydrogen (secondary N) is 2. The Morgan fingerprint density at radius 3 is 2.67 bits per heavy atom. The smallest absolute Gasteiger partial charge is 0.255 e. The van der Waals surface area contributed by atoms with Crippen LogP contribution in [0.5, 0.6) is 5.88 Å². The van der Waals surface area contributed by atoms with Gasteiger partial charge >= 0.3 is 0 Å². The zero-order valence-corrected chi connectivity index (χ0v) is 30.0. The van der Waals surface area contributed by atoms with Gasteiger partial charge in [0.25, 0.3) is 5.91 Å². The first-order chi connectivity index (χ1) is 26.3. The van der Waals surface area contributed by atoms with Crippen LogP contribution in [0.3, 0.4) is 0 Å². The number of anilines is 2. The van der Waals surface area contributed by atoms with Gasteiger partial charge in [-0.25, -0.2) is 14.4 Å². The van der Waals surface area contributed by atoms with Crippen molar-refractivity contribution in [2.45, 2.75) is 76.2 Å². The Hall–Kier alpha value is -5.64. The van der Waals surface area contributed by atoms with Gasteiger partial charge in [-0.3, -0.25) is 14.5 Å². The summed E-state index contributed by atoms with van der Waals surface area (Å²) < 4.78 is 28.3. The van der Waals surface area contributed by atoms with E-state index in [4.69, 9.17) is 24.7 Å². The van der Waals surface area contributed by atoms with E-state index in [1.54, 1.807) is 18.2 Å². The van der Waals surface area contributed by atoms with E-state index in [1.165, 1.54) is 6.07 Å². The number of carbonyl (C=O) groups is 2. The van der Waals surface area contributed by atoms with Crippen LogP contribution in [0.25, 0.3) is 11.0 Å². The predicted octanol–water partition coefficient (Wildman–Crippen LogP) is 6.73. The minimum absolute atomic E-state index is 0.0293. The summed E-state index contributed by atoms with van der Waals surface area (Å²) in [5.41, 5.74) is 6.92. The molecule has 54 heavy (non-hydrogen) atoms. The largest absolute Gasteiger partial charge is 0.473 e. The third-order valence-electron chi connectivity index (χ3n) is 11.5. The van der Waals surface area contributed by atoms with Crippen LogP contribution in [-0.2, 0) is 34.6 Å². The number of rotatable bonds is 10. The second-order valence-electron chi connectivity index (χ2n) is 15.0. The molecule has 4 aliphatic rings. The van der Waals surface area contributed by atoms with Gasteiger partial charge in [-0.15, -0.1) is 0 Å². The number of pyridine rings is 1. The first-order valence-corrected chi connectivity index (χ1v) is 18.7. The highest BCUT2D eigenvalue weighted by molar-refractivity contribution is 6.11. The Balaban J connectivity index is 0.871. The highest BCUT2D eigenvalue weighted by Gasteiger charge is 2.56. The number of nitrogens with zero attached hydrogens (tertiary/aromatic N) is 5. The molecule has 9 rings (SSSR count). The van der Waals surface area contributed by atoms with Gasteiger partial charge < -0.3 is 24.7 Å². The van der Waals surface area contributed by atoms with Crippen molar-refractivity contribution in [1.29, 1.82) is 5.26 Å². The first-order valence-electron chi connectivity index (χ1n) is 18.7. The van der Waals surface area contributed by atoms with Crippen molar-refractivity contribution in [2.75, 3.05) is 30.3 Å². The molecule has 11 nitrogen and oxygen atoms in total. The fourth-order valence-corrected chi connectivity index (χ4v) is 8.07. The van der Waals surface area contributed by atoms with E-state index in [0.717, 1.165) is 91.2 Å². The molecule has 1 aliphatic carbocycles. The number of carbonyl (C=O) groups excluding carboxylic acids is 2. The minimum atomic E-state index is -0.470. The summed E-state index contributed by atoms with van der Waals surface area (Å²) >= 11 is 0. The Morgan fingerprint density at radius 1 is 1.09 bits per heavy atom. The highest BCUT2D eigenvalue weighted by Crippen LogP contribution is 2.56. The quantitative estimate of drug-likeness (QED) is 0.162. The summed E-state index contributed by atoms with van der Waals surface area (Å²) in [6, 6.07) is 21.6. The lowest BCUT2D eigenvalue weighted by molar-refractivity contribution is -0.117. The van der Waals surface area contributed by atoms with Crippen LogP contribution in [-0.4, -0.2) is 57.0 Å². The average molecular weight is 726 g/mol. The molecule has 0 unspecified atom stereocenters. The standard InChI is InChI=1S/C42H40FN7O4/c1-25-17-30(20-32-39(25)48-41(52)42(32)12-13-42)45-40(51)28-7-8-36-35(19-28)46-37(50(36)22-31-11-16-53-31)23-49-14-9-27(10-15-49)34-3-2-4-38(47-34)54-24-29-6-5-26(21-44)18-33(29)43/h2-8,17-20,27,31H,9-16,22-24H2,1H3,(H,45,51)(H,48,52)/t31-/m0/s1. The van der Waals surface area contributed by atoms with Crippen molar-refractivity contribution in [3.63, 3.8) is 0 Å². The number of nitriles is 1. The lowest BCUT2D eigenvalue weighted by Gasteiger charge is -2.32. The maximum atomic E-state index is 14.4. The first kappa shape index (κ1) is 34.1. The molecule has 2 saturated heterocycles. The van der Waals surface area contributed by atoms with Crippen molar-refractivity contribution < 1.29 is 23.5 Å². The van der Waals surface area contributed by atoms with Gasteiger partial charge in [-0.05, 0) is 112 Å². The molecule has 3 aromatic carbocycles. The van der Waals surface area contributed by atoms with Crippen LogP contribution in [0.4, 0.5) is 15.8 Å². The fraction of sp³-hybridized carbons (Fsp3) is 0.357. The Bertz CT molecular complexity index is 2350. The Kier molecular flexibility index (Phi) is 8.63. The second kappa shape index (κ2) is 13.6. The molecule has 5 aromatic rings. The fourth-order valence-electron chi connectivity index (χ4n) is 8.07. The summed E-state index contributed by atoms with van der Waals surface area (Å²) in [7, 11) is 0. The predicted molar refractivity (Wildman–Crippen MR) is 200 cm³/mol. The van der Waals surface area contributed by atoms with Gasteiger partial charge in [-0.2, -0.15) is 5.26 Å². The number of imidazole rings is 1. The second-order valence-corrected chi connectivity index (χ2v) is 15.0. The molecule has 3 aliphatic heterocycles. The molecule has 12 heteroatoms. The third-order valence-corrected chi connectivity index (χ3v) is 11.5. The number of likely N-dealkylation sites (tertiary alicyclic amines) is 1. The van der Waals surface area contributed by atoms with Crippen LogP contribution in [0.2, 0.25) is 0 Å². The van der Waals surface area contributed by atoms with Crippen LogP contribution < -0.4 is 15.4 Å². The van der Waals surface area contributed by atoms with Gasteiger partial charge in [0, 0.05) is 46.8 Å². The minimum Gasteiger partial charge on any atom is -0.473 e. The summed E-state index contributed by atoms with van der Waals surface area (Å²) in [4.78, 5) is 38.4. The van der Waals surface area contributed by atoms with E-state index in [-0.39, 0.29) is 36.0 Å². The molecule has 2 N–H and O–H groups in total. The van der Waals surface area contributed by atoms with E-state index < -0.39 is 11.2 Å². The summed E-state index contributed by atoms with van der Waals surface area (Å²) in [5.74, 6) is 1.02.